The summed E-state index contributed by atoms with van der Waals surface area (Å²) in [6.45, 7) is 1.77. The Morgan fingerprint density at radius 3 is 2.60 bits per heavy atom. The number of nitrogens with zero attached hydrogens (tertiary/aromatic N) is 1. The molecule has 1 saturated carbocycles. The van der Waals surface area contributed by atoms with Crippen molar-refractivity contribution >= 4 is 5.97 Å². The molecule has 0 unspecified atom stereocenters. The molecule has 1 aromatic heterocycles. The van der Waals surface area contributed by atoms with E-state index in [2.05, 4.69) is 4.98 Å². The second kappa shape index (κ2) is 4.01. The van der Waals surface area contributed by atoms with E-state index >= 15 is 0 Å². The van der Waals surface area contributed by atoms with Crippen molar-refractivity contribution in [3.05, 3.63) is 29.1 Å². The summed E-state index contributed by atoms with van der Waals surface area (Å²) in [4.78, 5) is 15.2. The van der Waals surface area contributed by atoms with Crippen LogP contribution in [0.1, 0.15) is 53.3 Å². The predicted molar refractivity (Wildman–Crippen MR) is 57.1 cm³/mol. The summed E-state index contributed by atoms with van der Waals surface area (Å²) < 4.78 is 0. The van der Waals surface area contributed by atoms with Gasteiger partial charge in [-0.05, 0) is 31.9 Å². The van der Waals surface area contributed by atoms with Crippen LogP contribution < -0.4 is 0 Å². The third kappa shape index (κ3) is 2.01. The zero-order valence-electron chi connectivity index (χ0n) is 8.86. The van der Waals surface area contributed by atoms with Gasteiger partial charge < -0.3 is 5.11 Å². The van der Waals surface area contributed by atoms with Gasteiger partial charge in [-0.15, -0.1) is 0 Å². The molecule has 1 heterocycles. The minimum Gasteiger partial charge on any atom is -0.478 e. The number of rotatable bonds is 2. The normalized spacial score (nSPS) is 16.9. The maximum Gasteiger partial charge on any atom is 0.337 e. The summed E-state index contributed by atoms with van der Waals surface area (Å²) in [6, 6.07) is 3.55. The Morgan fingerprint density at radius 2 is 2.07 bits per heavy atom. The fourth-order valence-electron chi connectivity index (χ4n) is 2.26. The molecule has 0 amide bonds. The Bertz CT molecular complexity index is 381. The Hall–Kier alpha value is -1.38. The molecule has 3 nitrogen and oxygen atoms in total. The van der Waals surface area contributed by atoms with E-state index in [-0.39, 0.29) is 0 Å². The van der Waals surface area contributed by atoms with Crippen LogP contribution in [0.3, 0.4) is 0 Å². The second-order valence-corrected chi connectivity index (χ2v) is 4.16. The smallest absolute Gasteiger partial charge is 0.337 e. The van der Waals surface area contributed by atoms with Gasteiger partial charge in [0, 0.05) is 11.6 Å². The molecule has 0 aliphatic heterocycles. The van der Waals surface area contributed by atoms with Gasteiger partial charge in [0.05, 0.1) is 11.3 Å². The zero-order valence-corrected chi connectivity index (χ0v) is 8.86. The van der Waals surface area contributed by atoms with Crippen LogP contribution in [-0.4, -0.2) is 16.1 Å². The van der Waals surface area contributed by atoms with Gasteiger partial charge in [0.1, 0.15) is 0 Å². The van der Waals surface area contributed by atoms with Gasteiger partial charge in [0.15, 0.2) is 0 Å². The van der Waals surface area contributed by atoms with E-state index in [1.165, 1.54) is 25.7 Å². The van der Waals surface area contributed by atoms with Crippen molar-refractivity contribution in [2.75, 3.05) is 0 Å². The quantitative estimate of drug-likeness (QED) is 0.807. The second-order valence-electron chi connectivity index (χ2n) is 4.16. The molecular weight excluding hydrogens is 190 g/mol. The molecule has 1 aliphatic rings. The Labute approximate surface area is 89.2 Å². The van der Waals surface area contributed by atoms with Gasteiger partial charge >= 0.3 is 5.97 Å². The summed E-state index contributed by atoms with van der Waals surface area (Å²) in [7, 11) is 0. The van der Waals surface area contributed by atoms with Gasteiger partial charge in [-0.3, -0.25) is 4.98 Å². The fraction of sp³-hybridized carbons (Fsp3) is 0.500. The number of hydrogen-bond acceptors (Lipinski definition) is 2. The SMILES string of the molecule is Cc1nc(C2CCCC2)ccc1C(=O)O. The summed E-state index contributed by atoms with van der Waals surface area (Å²) in [6.07, 6.45) is 4.93. The third-order valence-corrected chi connectivity index (χ3v) is 3.11. The molecule has 80 valence electrons. The van der Waals surface area contributed by atoms with Crippen molar-refractivity contribution in [3.8, 4) is 0 Å². The molecule has 0 aromatic carbocycles. The first-order chi connectivity index (χ1) is 7.18. The monoisotopic (exact) mass is 205 g/mol. The van der Waals surface area contributed by atoms with Crippen LogP contribution >= 0.6 is 0 Å². The highest BCUT2D eigenvalue weighted by Crippen LogP contribution is 2.33. The lowest BCUT2D eigenvalue weighted by atomic mass is 10.0. The summed E-state index contributed by atoms with van der Waals surface area (Å²) in [5.74, 6) is -0.343. The first kappa shape index (κ1) is 10.1. The number of aromatic carboxylic acids is 1. The van der Waals surface area contributed by atoms with Crippen molar-refractivity contribution < 1.29 is 9.90 Å². The number of pyridine rings is 1. The molecular formula is C12H15NO2. The van der Waals surface area contributed by atoms with Crippen molar-refractivity contribution in [2.45, 2.75) is 38.5 Å². The summed E-state index contributed by atoms with van der Waals surface area (Å²) >= 11 is 0. The van der Waals surface area contributed by atoms with Gasteiger partial charge in [-0.25, -0.2) is 4.79 Å². The molecule has 0 spiro atoms. The Kier molecular flexibility index (Phi) is 2.71. The molecule has 0 saturated heterocycles. The third-order valence-electron chi connectivity index (χ3n) is 3.11. The predicted octanol–water partition coefficient (Wildman–Crippen LogP) is 2.75. The van der Waals surface area contributed by atoms with E-state index in [0.717, 1.165) is 5.69 Å². The molecule has 0 bridgehead atoms. The molecule has 0 atom stereocenters. The molecule has 2 rings (SSSR count). The molecule has 1 aliphatic carbocycles. The number of carboxylic acid groups (broad SMARTS) is 1. The van der Waals surface area contributed by atoms with E-state index in [9.17, 15) is 4.79 Å². The van der Waals surface area contributed by atoms with Crippen LogP contribution in [-0.2, 0) is 0 Å². The minimum absolute atomic E-state index is 0.316. The van der Waals surface area contributed by atoms with Crippen LogP contribution in [0, 0.1) is 6.92 Å². The number of aromatic nitrogens is 1. The van der Waals surface area contributed by atoms with Gasteiger partial charge in [-0.2, -0.15) is 0 Å². The molecule has 1 fully saturated rings. The van der Waals surface area contributed by atoms with E-state index in [0.29, 0.717) is 17.2 Å². The molecule has 3 heteroatoms. The molecule has 1 aromatic rings. The topological polar surface area (TPSA) is 50.2 Å². The zero-order chi connectivity index (χ0) is 10.8. The van der Waals surface area contributed by atoms with Crippen LogP contribution in [0.15, 0.2) is 12.1 Å². The summed E-state index contributed by atoms with van der Waals surface area (Å²) in [5.41, 5.74) is 2.01. The summed E-state index contributed by atoms with van der Waals surface area (Å²) in [5, 5.41) is 8.88. The van der Waals surface area contributed by atoms with Crippen molar-refractivity contribution in [1.29, 1.82) is 0 Å². The van der Waals surface area contributed by atoms with Crippen LogP contribution in [0.2, 0.25) is 0 Å². The van der Waals surface area contributed by atoms with Crippen LogP contribution in [0.25, 0.3) is 0 Å². The standard InChI is InChI=1S/C12H15NO2/c1-8-10(12(14)15)6-7-11(13-8)9-4-2-3-5-9/h6-7,9H,2-5H2,1H3,(H,14,15). The van der Waals surface area contributed by atoms with E-state index in [4.69, 9.17) is 5.11 Å². The number of carbonyl (C=O) groups is 1. The number of hydrogen-bond donors (Lipinski definition) is 1. The molecule has 0 radical (unpaired) electrons. The largest absolute Gasteiger partial charge is 0.478 e. The van der Waals surface area contributed by atoms with Crippen molar-refractivity contribution in [2.24, 2.45) is 0 Å². The van der Waals surface area contributed by atoms with Crippen molar-refractivity contribution in [3.63, 3.8) is 0 Å². The first-order valence-electron chi connectivity index (χ1n) is 5.39. The Balaban J connectivity index is 2.28. The maximum atomic E-state index is 10.8. The lowest BCUT2D eigenvalue weighted by Crippen LogP contribution is -2.05. The van der Waals surface area contributed by atoms with Gasteiger partial charge in [0.2, 0.25) is 0 Å². The van der Waals surface area contributed by atoms with E-state index in [1.54, 1.807) is 13.0 Å². The van der Waals surface area contributed by atoms with Crippen LogP contribution in [0.5, 0.6) is 0 Å². The van der Waals surface area contributed by atoms with E-state index in [1.807, 2.05) is 6.07 Å². The molecule has 1 N–H and O–H groups in total. The number of aryl methyl sites for hydroxylation is 1. The maximum absolute atomic E-state index is 10.8. The highest BCUT2D eigenvalue weighted by Gasteiger charge is 2.19. The number of carboxylic acids is 1. The van der Waals surface area contributed by atoms with Gasteiger partial charge in [-0.1, -0.05) is 12.8 Å². The highest BCUT2D eigenvalue weighted by atomic mass is 16.4. The van der Waals surface area contributed by atoms with E-state index < -0.39 is 5.97 Å². The average Bonchev–Trinajstić information content (AvgIpc) is 2.69. The lowest BCUT2D eigenvalue weighted by Gasteiger charge is -2.10. The Morgan fingerprint density at radius 1 is 1.40 bits per heavy atom. The first-order valence-corrected chi connectivity index (χ1v) is 5.39. The van der Waals surface area contributed by atoms with Crippen LogP contribution in [0.4, 0.5) is 0 Å². The fourth-order valence-corrected chi connectivity index (χ4v) is 2.26. The minimum atomic E-state index is -0.891. The lowest BCUT2D eigenvalue weighted by molar-refractivity contribution is 0.0695. The molecule has 15 heavy (non-hydrogen) atoms. The van der Waals surface area contributed by atoms with Crippen molar-refractivity contribution in [1.82, 2.24) is 4.98 Å². The average molecular weight is 205 g/mol. The highest BCUT2D eigenvalue weighted by molar-refractivity contribution is 5.88. The van der Waals surface area contributed by atoms with Gasteiger partial charge in [0.25, 0.3) is 0 Å².